The third-order valence-corrected chi connectivity index (χ3v) is 8.53. The standard InChI is InChI=1S/C27H26N4O2S2/c32-23(30-15-13-29(14-16-30)20-7-3-1-4-8-20)18-35-27-28-25-24(22(17-34-25)19-11-12-19)26(33)31(27)21-9-5-2-6-10-21/h1-10,17,19H,11-16,18H2. The van der Waals surface area contributed by atoms with Crippen molar-refractivity contribution in [2.24, 2.45) is 0 Å². The summed E-state index contributed by atoms with van der Waals surface area (Å²) >= 11 is 2.89. The number of rotatable bonds is 6. The lowest BCUT2D eigenvalue weighted by Crippen LogP contribution is -2.49. The largest absolute Gasteiger partial charge is 0.368 e. The van der Waals surface area contributed by atoms with Gasteiger partial charge in [0.1, 0.15) is 4.83 Å². The molecule has 2 fully saturated rings. The maximum Gasteiger partial charge on any atom is 0.267 e. The van der Waals surface area contributed by atoms with Crippen molar-refractivity contribution in [1.29, 1.82) is 0 Å². The first-order chi connectivity index (χ1) is 17.2. The van der Waals surface area contributed by atoms with Crippen LogP contribution in [0.3, 0.4) is 0 Å². The number of carbonyl (C=O) groups excluding carboxylic acids is 1. The summed E-state index contributed by atoms with van der Waals surface area (Å²) in [6.07, 6.45) is 2.28. The molecule has 4 aromatic rings. The van der Waals surface area contributed by atoms with Crippen LogP contribution in [0.5, 0.6) is 0 Å². The monoisotopic (exact) mass is 502 g/mol. The van der Waals surface area contributed by atoms with Gasteiger partial charge in [0.05, 0.1) is 16.8 Å². The van der Waals surface area contributed by atoms with Gasteiger partial charge in [-0.05, 0) is 54.0 Å². The average Bonchev–Trinajstić information content (AvgIpc) is 3.67. The van der Waals surface area contributed by atoms with Gasteiger partial charge in [-0.25, -0.2) is 4.98 Å². The number of amides is 1. The number of fused-ring (bicyclic) bond motifs is 1. The predicted octanol–water partition coefficient (Wildman–Crippen LogP) is 4.77. The highest BCUT2D eigenvalue weighted by Gasteiger charge is 2.29. The molecule has 6 rings (SSSR count). The number of benzene rings is 2. The summed E-state index contributed by atoms with van der Waals surface area (Å²) in [4.78, 5) is 36.7. The third kappa shape index (κ3) is 4.48. The SMILES string of the molecule is O=C(CSc1nc2scc(C3CC3)c2c(=O)n1-c1ccccc1)N1CCN(c2ccccc2)CC1. The fourth-order valence-corrected chi connectivity index (χ4v) is 6.64. The fourth-order valence-electron chi connectivity index (χ4n) is 4.66. The van der Waals surface area contributed by atoms with Gasteiger partial charge in [-0.2, -0.15) is 0 Å². The Bertz CT molecular complexity index is 1410. The molecule has 0 N–H and O–H groups in total. The number of thiophene rings is 1. The van der Waals surface area contributed by atoms with E-state index in [1.165, 1.54) is 28.8 Å². The number of hydrogen-bond donors (Lipinski definition) is 0. The second-order valence-electron chi connectivity index (χ2n) is 9.01. The lowest BCUT2D eigenvalue weighted by molar-refractivity contribution is -0.128. The fraction of sp³-hybridized carbons (Fsp3) is 0.296. The number of para-hydroxylation sites is 2. The summed E-state index contributed by atoms with van der Waals surface area (Å²) in [5.74, 6) is 0.829. The highest BCUT2D eigenvalue weighted by Crippen LogP contribution is 2.44. The molecule has 0 bridgehead atoms. The summed E-state index contributed by atoms with van der Waals surface area (Å²) in [7, 11) is 0. The molecule has 2 aromatic carbocycles. The average molecular weight is 503 g/mol. The molecule has 8 heteroatoms. The van der Waals surface area contributed by atoms with E-state index in [0.717, 1.165) is 47.4 Å². The van der Waals surface area contributed by atoms with E-state index >= 15 is 0 Å². The van der Waals surface area contributed by atoms with Crippen LogP contribution in [0.1, 0.15) is 24.3 Å². The minimum atomic E-state index is -0.0317. The Morgan fingerprint density at radius 2 is 1.60 bits per heavy atom. The van der Waals surface area contributed by atoms with Crippen LogP contribution < -0.4 is 10.5 Å². The van der Waals surface area contributed by atoms with E-state index in [1.807, 2.05) is 53.4 Å². The summed E-state index contributed by atoms with van der Waals surface area (Å²) in [6, 6.07) is 20.0. The lowest BCUT2D eigenvalue weighted by Gasteiger charge is -2.36. The maximum absolute atomic E-state index is 13.7. The van der Waals surface area contributed by atoms with Crippen LogP contribution in [0.15, 0.2) is 76.0 Å². The highest BCUT2D eigenvalue weighted by molar-refractivity contribution is 7.99. The normalized spacial score (nSPS) is 16.1. The van der Waals surface area contributed by atoms with Crippen LogP contribution in [0.4, 0.5) is 5.69 Å². The molecule has 0 spiro atoms. The van der Waals surface area contributed by atoms with Crippen LogP contribution in [0.25, 0.3) is 15.9 Å². The second kappa shape index (κ2) is 9.51. The van der Waals surface area contributed by atoms with Gasteiger partial charge in [0.2, 0.25) is 5.91 Å². The zero-order chi connectivity index (χ0) is 23.8. The topological polar surface area (TPSA) is 58.4 Å². The molecule has 1 amide bonds. The molecule has 3 heterocycles. The van der Waals surface area contributed by atoms with Gasteiger partial charge in [-0.15, -0.1) is 11.3 Å². The smallest absolute Gasteiger partial charge is 0.267 e. The first kappa shape index (κ1) is 22.4. The lowest BCUT2D eigenvalue weighted by atomic mass is 10.1. The molecule has 0 atom stereocenters. The molecule has 2 aromatic heterocycles. The van der Waals surface area contributed by atoms with Crippen molar-refractivity contribution in [3.8, 4) is 5.69 Å². The minimum absolute atomic E-state index is 0.0317. The van der Waals surface area contributed by atoms with Gasteiger partial charge in [-0.3, -0.25) is 14.2 Å². The quantitative estimate of drug-likeness (QED) is 0.281. The van der Waals surface area contributed by atoms with Crippen molar-refractivity contribution in [1.82, 2.24) is 14.5 Å². The Hall–Kier alpha value is -3.10. The molecule has 1 saturated carbocycles. The van der Waals surface area contributed by atoms with Crippen molar-refractivity contribution in [3.63, 3.8) is 0 Å². The third-order valence-electron chi connectivity index (χ3n) is 6.72. The van der Waals surface area contributed by atoms with E-state index in [4.69, 9.17) is 4.98 Å². The second-order valence-corrected chi connectivity index (χ2v) is 10.8. The van der Waals surface area contributed by atoms with Crippen molar-refractivity contribution in [3.05, 3.63) is 82.0 Å². The van der Waals surface area contributed by atoms with E-state index in [-0.39, 0.29) is 17.2 Å². The molecule has 178 valence electrons. The molecule has 0 unspecified atom stereocenters. The molecule has 35 heavy (non-hydrogen) atoms. The number of thioether (sulfide) groups is 1. The van der Waals surface area contributed by atoms with Crippen LogP contribution in [-0.2, 0) is 4.79 Å². The first-order valence-corrected chi connectivity index (χ1v) is 13.9. The van der Waals surface area contributed by atoms with E-state index in [9.17, 15) is 9.59 Å². The molecule has 1 aliphatic heterocycles. The first-order valence-electron chi connectivity index (χ1n) is 12.0. The summed E-state index contributed by atoms with van der Waals surface area (Å²) < 4.78 is 1.69. The van der Waals surface area contributed by atoms with Crippen LogP contribution in [0, 0.1) is 0 Å². The number of nitrogens with zero attached hydrogens (tertiary/aromatic N) is 4. The van der Waals surface area contributed by atoms with Gasteiger partial charge in [0.15, 0.2) is 5.16 Å². The Kier molecular flexibility index (Phi) is 6.08. The Balaban J connectivity index is 1.22. The number of anilines is 1. The number of piperazine rings is 1. The van der Waals surface area contributed by atoms with Crippen molar-refractivity contribution in [2.75, 3.05) is 36.8 Å². The summed E-state index contributed by atoms with van der Waals surface area (Å²) in [5, 5.41) is 3.42. The van der Waals surface area contributed by atoms with E-state index in [2.05, 4.69) is 22.4 Å². The van der Waals surface area contributed by atoms with E-state index < -0.39 is 0 Å². The Labute approximate surface area is 212 Å². The van der Waals surface area contributed by atoms with Gasteiger partial charge in [-0.1, -0.05) is 48.2 Å². The zero-order valence-corrected chi connectivity index (χ0v) is 20.9. The van der Waals surface area contributed by atoms with Gasteiger partial charge in [0, 0.05) is 31.9 Å². The molecule has 1 aliphatic carbocycles. The number of hydrogen-bond acceptors (Lipinski definition) is 6. The summed E-state index contributed by atoms with van der Waals surface area (Å²) in [5.41, 5.74) is 3.08. The molecule has 0 radical (unpaired) electrons. The van der Waals surface area contributed by atoms with Crippen molar-refractivity contribution < 1.29 is 4.79 Å². The van der Waals surface area contributed by atoms with E-state index in [0.29, 0.717) is 24.2 Å². The minimum Gasteiger partial charge on any atom is -0.368 e. The number of carbonyl (C=O) groups is 1. The van der Waals surface area contributed by atoms with Gasteiger partial charge >= 0.3 is 0 Å². The van der Waals surface area contributed by atoms with Crippen molar-refractivity contribution in [2.45, 2.75) is 23.9 Å². The Morgan fingerprint density at radius 1 is 0.943 bits per heavy atom. The molecule has 1 saturated heterocycles. The van der Waals surface area contributed by atoms with Gasteiger partial charge < -0.3 is 9.80 Å². The molecule has 6 nitrogen and oxygen atoms in total. The van der Waals surface area contributed by atoms with E-state index in [1.54, 1.807) is 4.57 Å². The maximum atomic E-state index is 13.7. The van der Waals surface area contributed by atoms with Crippen molar-refractivity contribution >= 4 is 44.9 Å². The predicted molar refractivity (Wildman–Crippen MR) is 143 cm³/mol. The van der Waals surface area contributed by atoms with Crippen LogP contribution >= 0.6 is 23.1 Å². The molecular weight excluding hydrogens is 476 g/mol. The van der Waals surface area contributed by atoms with Crippen LogP contribution in [0.2, 0.25) is 0 Å². The zero-order valence-electron chi connectivity index (χ0n) is 19.3. The number of aromatic nitrogens is 2. The van der Waals surface area contributed by atoms with Crippen LogP contribution in [-0.4, -0.2) is 52.3 Å². The molecule has 2 aliphatic rings. The van der Waals surface area contributed by atoms with Gasteiger partial charge in [0.25, 0.3) is 5.56 Å². The highest BCUT2D eigenvalue weighted by atomic mass is 32.2. The Morgan fingerprint density at radius 3 is 2.26 bits per heavy atom. The summed E-state index contributed by atoms with van der Waals surface area (Å²) in [6.45, 7) is 3.03. The molecular formula is C27H26N4O2S2.